The molecular weight excluding hydrogens is 832 g/mol. The van der Waals surface area contributed by atoms with Gasteiger partial charge in [-0.1, -0.05) is 89.2 Å². The topological polar surface area (TPSA) is 72.7 Å². The Labute approximate surface area is 296 Å². The lowest BCUT2D eigenvalue weighted by Gasteiger charge is -2.25. The molecule has 5 aromatic rings. The van der Waals surface area contributed by atoms with Crippen molar-refractivity contribution in [2.24, 2.45) is 4.99 Å². The number of ether oxygens (including phenoxy) is 1. The molecule has 2 heterocycles. The molecule has 0 spiro atoms. The number of carbonyl (C=O) groups is 1. The van der Waals surface area contributed by atoms with Crippen molar-refractivity contribution in [2.75, 3.05) is 5.32 Å². The smallest absolute Gasteiger partial charge is 0.271 e. The van der Waals surface area contributed by atoms with E-state index in [9.17, 15) is 9.59 Å². The third-order valence-electron chi connectivity index (χ3n) is 7.34. The van der Waals surface area contributed by atoms with Gasteiger partial charge in [-0.25, -0.2) is 4.99 Å². The van der Waals surface area contributed by atoms with Gasteiger partial charge in [0.15, 0.2) is 4.80 Å². The van der Waals surface area contributed by atoms with E-state index in [0.717, 1.165) is 35.1 Å². The number of rotatable bonds is 7. The van der Waals surface area contributed by atoms with Gasteiger partial charge in [-0.05, 0) is 107 Å². The van der Waals surface area contributed by atoms with Crippen LogP contribution in [0.25, 0.3) is 6.08 Å². The van der Waals surface area contributed by atoms with Gasteiger partial charge >= 0.3 is 0 Å². The van der Waals surface area contributed by atoms with Crippen LogP contribution in [0.3, 0.4) is 0 Å². The molecule has 10 heteroatoms. The van der Waals surface area contributed by atoms with Crippen LogP contribution in [0.1, 0.15) is 35.2 Å². The molecule has 1 aliphatic rings. The largest absolute Gasteiger partial charge is 0.487 e. The van der Waals surface area contributed by atoms with E-state index >= 15 is 0 Å². The average Bonchev–Trinajstić information content (AvgIpc) is 3.31. The van der Waals surface area contributed by atoms with Crippen LogP contribution in [-0.2, 0) is 11.4 Å². The van der Waals surface area contributed by atoms with Crippen molar-refractivity contribution in [3.63, 3.8) is 0 Å². The predicted molar refractivity (Wildman–Crippen MR) is 198 cm³/mol. The Morgan fingerprint density at radius 2 is 1.67 bits per heavy atom. The Kier molecular flexibility index (Phi) is 9.60. The minimum Gasteiger partial charge on any atom is -0.487 e. The Bertz CT molecular complexity index is 2120. The maximum Gasteiger partial charge on any atom is 0.271 e. The van der Waals surface area contributed by atoms with Gasteiger partial charge in [-0.15, -0.1) is 0 Å². The highest BCUT2D eigenvalue weighted by atomic mass is 127. The van der Waals surface area contributed by atoms with Gasteiger partial charge in [-0.2, -0.15) is 0 Å². The van der Waals surface area contributed by atoms with Crippen LogP contribution in [0.5, 0.6) is 5.75 Å². The molecule has 0 radical (unpaired) electrons. The lowest BCUT2D eigenvalue weighted by molar-refractivity contribution is -0.113. The van der Waals surface area contributed by atoms with E-state index in [4.69, 9.17) is 21.3 Å². The number of benzene rings is 4. The second-order valence-corrected chi connectivity index (χ2v) is 14.2. The van der Waals surface area contributed by atoms with E-state index in [0.29, 0.717) is 37.9 Å². The molecule has 0 fully saturated rings. The zero-order valence-corrected chi connectivity index (χ0v) is 30.1. The summed E-state index contributed by atoms with van der Waals surface area (Å²) in [5.41, 5.74) is 5.18. The molecule has 0 saturated heterocycles. The summed E-state index contributed by atoms with van der Waals surface area (Å²) in [7, 11) is 0. The number of fused-ring (bicyclic) bond motifs is 1. The van der Waals surface area contributed by atoms with Gasteiger partial charge in [-0.3, -0.25) is 14.2 Å². The fourth-order valence-electron chi connectivity index (χ4n) is 5.11. The molecule has 1 aromatic heterocycles. The standard InChI is InChI=1S/C35H26ClI2N3O3S/c1-20-12-14-23(15-13-20)31-30(33(42)40-25-9-4-3-5-10-25)21(2)39-35-41(31)34(43)29(45-35)18-22-16-27(37)32(28(38)17-22)44-19-24-8-6-7-11-26(24)36/h3-18,31H,19H2,1-2H3,(H,40,42)/b29-18-/t31-/m1/s1. The molecule has 1 amide bonds. The number of hydrogen-bond acceptors (Lipinski definition) is 5. The van der Waals surface area contributed by atoms with E-state index in [1.54, 1.807) is 4.57 Å². The number of halogens is 3. The summed E-state index contributed by atoms with van der Waals surface area (Å²) >= 11 is 12.1. The highest BCUT2D eigenvalue weighted by Gasteiger charge is 2.32. The maximum absolute atomic E-state index is 14.1. The number of allylic oxidation sites excluding steroid dienone is 1. The first-order chi connectivity index (χ1) is 21.7. The number of nitrogens with one attached hydrogen (secondary N) is 1. The first-order valence-corrected chi connectivity index (χ1v) is 17.4. The molecule has 4 aromatic carbocycles. The summed E-state index contributed by atoms with van der Waals surface area (Å²) in [6.07, 6.45) is 1.88. The third kappa shape index (κ3) is 6.81. The van der Waals surface area contributed by atoms with Crippen LogP contribution in [-0.4, -0.2) is 10.5 Å². The quantitative estimate of drug-likeness (QED) is 0.171. The predicted octanol–water partition coefficient (Wildman–Crippen LogP) is 7.62. The van der Waals surface area contributed by atoms with E-state index in [1.807, 2.05) is 111 Å². The van der Waals surface area contributed by atoms with E-state index in [-0.39, 0.29) is 11.5 Å². The van der Waals surface area contributed by atoms with Gasteiger partial charge in [0.2, 0.25) is 0 Å². The van der Waals surface area contributed by atoms with Crippen molar-refractivity contribution < 1.29 is 9.53 Å². The Morgan fingerprint density at radius 3 is 2.36 bits per heavy atom. The highest BCUT2D eigenvalue weighted by molar-refractivity contribution is 14.1. The fraction of sp³-hybridized carbons (Fsp3) is 0.114. The monoisotopic (exact) mass is 857 g/mol. The Balaban J connectivity index is 1.39. The fourth-order valence-corrected chi connectivity index (χ4v) is 8.48. The number of aryl methyl sites for hydroxylation is 1. The number of hydrogen-bond donors (Lipinski definition) is 1. The molecule has 45 heavy (non-hydrogen) atoms. The Hall–Kier alpha value is -3.26. The SMILES string of the molecule is CC1=C(C(=O)Nc2ccccc2)[C@@H](c2ccc(C)cc2)n2c(s/c(=C\c3cc(I)c(OCc4ccccc4Cl)c(I)c3)c2=O)=N1. The minimum atomic E-state index is -0.631. The normalized spacial score (nSPS) is 14.6. The lowest BCUT2D eigenvalue weighted by Crippen LogP contribution is -2.40. The van der Waals surface area contributed by atoms with Crippen molar-refractivity contribution in [3.8, 4) is 5.75 Å². The summed E-state index contributed by atoms with van der Waals surface area (Å²) in [6, 6.07) is 28.2. The number of para-hydroxylation sites is 1. The van der Waals surface area contributed by atoms with E-state index < -0.39 is 6.04 Å². The lowest BCUT2D eigenvalue weighted by atomic mass is 9.94. The van der Waals surface area contributed by atoms with E-state index in [2.05, 4.69) is 50.5 Å². The van der Waals surface area contributed by atoms with Gasteiger partial charge in [0.1, 0.15) is 12.4 Å². The van der Waals surface area contributed by atoms with Crippen LogP contribution in [0.4, 0.5) is 5.69 Å². The van der Waals surface area contributed by atoms with Crippen molar-refractivity contribution in [1.82, 2.24) is 4.57 Å². The zero-order valence-electron chi connectivity index (χ0n) is 24.2. The number of thiazole rings is 1. The van der Waals surface area contributed by atoms with Gasteiger partial charge < -0.3 is 10.1 Å². The molecule has 0 bridgehead atoms. The molecule has 6 nitrogen and oxygen atoms in total. The van der Waals surface area contributed by atoms with E-state index in [1.165, 1.54) is 11.3 Å². The molecule has 6 rings (SSSR count). The molecule has 1 aliphatic heterocycles. The van der Waals surface area contributed by atoms with Crippen molar-refractivity contribution in [2.45, 2.75) is 26.5 Å². The number of carbonyl (C=O) groups excluding carboxylic acids is 1. The first-order valence-electron chi connectivity index (χ1n) is 14.0. The molecule has 0 saturated carbocycles. The first kappa shape index (κ1) is 31.7. The van der Waals surface area contributed by atoms with Gasteiger partial charge in [0, 0.05) is 16.3 Å². The summed E-state index contributed by atoms with van der Waals surface area (Å²) in [5, 5.41) is 3.66. The summed E-state index contributed by atoms with van der Waals surface area (Å²) in [4.78, 5) is 33.2. The van der Waals surface area contributed by atoms with Crippen molar-refractivity contribution in [1.29, 1.82) is 0 Å². The summed E-state index contributed by atoms with van der Waals surface area (Å²) in [5.74, 6) is 0.470. The van der Waals surface area contributed by atoms with Crippen molar-refractivity contribution >= 4 is 85.8 Å². The van der Waals surface area contributed by atoms with Crippen LogP contribution in [0, 0.1) is 14.1 Å². The molecule has 0 unspecified atom stereocenters. The van der Waals surface area contributed by atoms with Gasteiger partial charge in [0.25, 0.3) is 11.5 Å². The van der Waals surface area contributed by atoms with Crippen LogP contribution in [0.15, 0.2) is 112 Å². The molecule has 1 N–H and O–H groups in total. The molecule has 1 atom stereocenters. The Morgan fingerprint density at radius 1 is 1.00 bits per heavy atom. The molecule has 226 valence electrons. The van der Waals surface area contributed by atoms with Crippen LogP contribution < -0.4 is 24.9 Å². The minimum absolute atomic E-state index is 0.203. The van der Waals surface area contributed by atoms with Crippen molar-refractivity contribution in [3.05, 3.63) is 156 Å². The summed E-state index contributed by atoms with van der Waals surface area (Å²) < 4.78 is 10.2. The number of nitrogens with zero attached hydrogens (tertiary/aromatic N) is 2. The maximum atomic E-state index is 14.1. The second kappa shape index (κ2) is 13.6. The van der Waals surface area contributed by atoms with Gasteiger partial charge in [0.05, 0.1) is 29.0 Å². The summed E-state index contributed by atoms with van der Waals surface area (Å²) in [6.45, 7) is 4.18. The molecular formula is C35H26ClI2N3O3S. The number of amides is 1. The average molecular weight is 858 g/mol. The second-order valence-electron chi connectivity index (χ2n) is 10.5. The molecule has 0 aliphatic carbocycles. The van der Waals surface area contributed by atoms with Crippen LogP contribution in [0.2, 0.25) is 5.02 Å². The highest BCUT2D eigenvalue weighted by Crippen LogP contribution is 2.32. The van der Waals surface area contributed by atoms with Crippen LogP contribution >= 0.6 is 68.1 Å². The zero-order chi connectivity index (χ0) is 31.7. The number of anilines is 1. The number of aromatic nitrogens is 1. The third-order valence-corrected chi connectivity index (χ3v) is 10.3.